The molecule has 1 aliphatic heterocycles. The lowest BCUT2D eigenvalue weighted by Gasteiger charge is -2.49. The molecular formula is C27H35NO2. The van der Waals surface area contributed by atoms with Gasteiger partial charge in [0.05, 0.1) is 13.0 Å². The molecule has 1 spiro atoms. The Morgan fingerprint density at radius 1 is 1.00 bits per heavy atom. The summed E-state index contributed by atoms with van der Waals surface area (Å²) >= 11 is 0. The van der Waals surface area contributed by atoms with E-state index in [-0.39, 0.29) is 17.3 Å². The zero-order chi connectivity index (χ0) is 20.8. The molecule has 4 rings (SSSR count). The van der Waals surface area contributed by atoms with Crippen LogP contribution in [-0.4, -0.2) is 37.6 Å². The van der Waals surface area contributed by atoms with Crippen molar-refractivity contribution in [1.29, 1.82) is 0 Å². The largest absolute Gasteiger partial charge is 0.469 e. The molecule has 1 saturated heterocycles. The quantitative estimate of drug-likeness (QED) is 0.581. The van der Waals surface area contributed by atoms with Crippen LogP contribution < -0.4 is 0 Å². The van der Waals surface area contributed by atoms with Crippen LogP contribution in [0, 0.1) is 11.3 Å². The lowest BCUT2D eigenvalue weighted by molar-refractivity contribution is -0.155. The highest BCUT2D eigenvalue weighted by molar-refractivity contribution is 5.73. The van der Waals surface area contributed by atoms with Crippen molar-refractivity contribution in [2.45, 2.75) is 50.9 Å². The van der Waals surface area contributed by atoms with E-state index in [1.54, 1.807) is 7.11 Å². The Morgan fingerprint density at radius 3 is 2.27 bits per heavy atom. The van der Waals surface area contributed by atoms with Crippen LogP contribution in [0.15, 0.2) is 60.7 Å². The fraction of sp³-hybridized carbons (Fsp3) is 0.519. The smallest absolute Gasteiger partial charge is 0.309 e. The molecule has 3 heteroatoms. The highest BCUT2D eigenvalue weighted by atomic mass is 16.5. The minimum Gasteiger partial charge on any atom is -0.469 e. The summed E-state index contributed by atoms with van der Waals surface area (Å²) < 4.78 is 5.21. The molecule has 2 aromatic rings. The van der Waals surface area contributed by atoms with Gasteiger partial charge in [-0.2, -0.15) is 0 Å². The van der Waals surface area contributed by atoms with Crippen LogP contribution in [0.3, 0.4) is 0 Å². The molecule has 1 saturated carbocycles. The summed E-state index contributed by atoms with van der Waals surface area (Å²) in [5.74, 6) is 0.508. The molecule has 30 heavy (non-hydrogen) atoms. The third-order valence-electron chi connectivity index (χ3n) is 7.47. The molecule has 2 aromatic carbocycles. The molecule has 2 aliphatic rings. The summed E-state index contributed by atoms with van der Waals surface area (Å²) in [6.45, 7) is 3.26. The van der Waals surface area contributed by atoms with Gasteiger partial charge in [0.2, 0.25) is 0 Å². The van der Waals surface area contributed by atoms with Crippen molar-refractivity contribution in [3.63, 3.8) is 0 Å². The molecule has 0 N–H and O–H groups in total. The standard InChI is InChI=1S/C27H35NO2/c1-30-26(29)25-15-8-9-17-27(25)18-10-19-28(21-27)20-16-24(22-11-4-2-5-12-22)23-13-6-3-7-14-23/h2-7,11-14,24-25H,8-10,15-21H2,1H3. The van der Waals surface area contributed by atoms with E-state index in [2.05, 4.69) is 65.6 Å². The maximum Gasteiger partial charge on any atom is 0.309 e. The van der Waals surface area contributed by atoms with Crippen LogP contribution >= 0.6 is 0 Å². The van der Waals surface area contributed by atoms with Crippen molar-refractivity contribution in [1.82, 2.24) is 4.90 Å². The Labute approximate surface area is 181 Å². The second-order valence-electron chi connectivity index (χ2n) is 9.23. The summed E-state index contributed by atoms with van der Waals surface area (Å²) in [5.41, 5.74) is 2.90. The molecule has 0 bridgehead atoms. The third kappa shape index (κ3) is 4.62. The number of ether oxygens (including phenoxy) is 1. The van der Waals surface area contributed by atoms with Gasteiger partial charge in [-0.25, -0.2) is 0 Å². The predicted octanol–water partition coefficient (Wildman–Crippen LogP) is 5.65. The molecule has 1 aliphatic carbocycles. The number of benzene rings is 2. The van der Waals surface area contributed by atoms with Gasteiger partial charge >= 0.3 is 5.97 Å². The van der Waals surface area contributed by atoms with Gasteiger partial charge in [0.15, 0.2) is 0 Å². The number of carbonyl (C=O) groups excluding carboxylic acids is 1. The molecule has 2 atom stereocenters. The van der Waals surface area contributed by atoms with Crippen LogP contribution in [0.25, 0.3) is 0 Å². The van der Waals surface area contributed by atoms with E-state index in [4.69, 9.17) is 4.74 Å². The number of nitrogens with zero attached hydrogens (tertiary/aromatic N) is 1. The lowest BCUT2D eigenvalue weighted by atomic mass is 9.62. The summed E-state index contributed by atoms with van der Waals surface area (Å²) in [7, 11) is 1.55. The van der Waals surface area contributed by atoms with Crippen molar-refractivity contribution in [3.05, 3.63) is 71.8 Å². The summed E-state index contributed by atoms with van der Waals surface area (Å²) in [6.07, 6.45) is 8.04. The van der Waals surface area contributed by atoms with Crippen LogP contribution in [0.4, 0.5) is 0 Å². The lowest BCUT2D eigenvalue weighted by Crippen LogP contribution is -2.51. The highest BCUT2D eigenvalue weighted by Gasteiger charge is 2.47. The first-order valence-corrected chi connectivity index (χ1v) is 11.6. The first-order valence-electron chi connectivity index (χ1n) is 11.6. The maximum absolute atomic E-state index is 12.5. The van der Waals surface area contributed by atoms with Crippen LogP contribution in [0.2, 0.25) is 0 Å². The minimum absolute atomic E-state index is 0.0167. The Kier molecular flexibility index (Phi) is 6.89. The number of methoxy groups -OCH3 is 1. The second-order valence-corrected chi connectivity index (χ2v) is 9.23. The third-order valence-corrected chi connectivity index (χ3v) is 7.47. The predicted molar refractivity (Wildman–Crippen MR) is 121 cm³/mol. The monoisotopic (exact) mass is 405 g/mol. The van der Waals surface area contributed by atoms with E-state index in [9.17, 15) is 4.79 Å². The number of piperidine rings is 1. The average Bonchev–Trinajstić information content (AvgIpc) is 2.81. The van der Waals surface area contributed by atoms with E-state index in [1.165, 1.54) is 36.8 Å². The second kappa shape index (κ2) is 9.78. The number of hydrogen-bond acceptors (Lipinski definition) is 3. The number of hydrogen-bond donors (Lipinski definition) is 0. The zero-order valence-electron chi connectivity index (χ0n) is 18.3. The van der Waals surface area contributed by atoms with E-state index in [1.807, 2.05) is 0 Å². The van der Waals surface area contributed by atoms with Crippen LogP contribution in [0.5, 0.6) is 0 Å². The molecule has 3 nitrogen and oxygen atoms in total. The first kappa shape index (κ1) is 21.1. The van der Waals surface area contributed by atoms with Gasteiger partial charge in [0.25, 0.3) is 0 Å². The molecule has 2 unspecified atom stereocenters. The maximum atomic E-state index is 12.5. The van der Waals surface area contributed by atoms with Gasteiger partial charge in [-0.3, -0.25) is 4.79 Å². The van der Waals surface area contributed by atoms with Crippen molar-refractivity contribution >= 4 is 5.97 Å². The number of likely N-dealkylation sites (tertiary alicyclic amines) is 1. The summed E-state index contributed by atoms with van der Waals surface area (Å²) in [6, 6.07) is 21.8. The van der Waals surface area contributed by atoms with Crippen molar-refractivity contribution < 1.29 is 9.53 Å². The summed E-state index contributed by atoms with van der Waals surface area (Å²) in [5, 5.41) is 0. The van der Waals surface area contributed by atoms with Crippen molar-refractivity contribution in [2.24, 2.45) is 11.3 Å². The number of carbonyl (C=O) groups is 1. The van der Waals surface area contributed by atoms with Crippen LogP contribution in [0.1, 0.15) is 62.0 Å². The molecular weight excluding hydrogens is 370 g/mol. The van der Waals surface area contributed by atoms with Crippen LogP contribution in [-0.2, 0) is 9.53 Å². The molecule has 0 aromatic heterocycles. The molecule has 0 amide bonds. The highest BCUT2D eigenvalue weighted by Crippen LogP contribution is 2.48. The van der Waals surface area contributed by atoms with Gasteiger partial charge in [-0.15, -0.1) is 0 Å². The molecule has 2 fully saturated rings. The van der Waals surface area contributed by atoms with Gasteiger partial charge in [0.1, 0.15) is 0 Å². The Balaban J connectivity index is 1.48. The number of esters is 1. The number of rotatable bonds is 6. The van der Waals surface area contributed by atoms with Gasteiger partial charge < -0.3 is 9.64 Å². The molecule has 1 heterocycles. The topological polar surface area (TPSA) is 29.5 Å². The van der Waals surface area contributed by atoms with Crippen molar-refractivity contribution in [2.75, 3.05) is 26.7 Å². The summed E-state index contributed by atoms with van der Waals surface area (Å²) in [4.78, 5) is 15.2. The van der Waals surface area contributed by atoms with Gasteiger partial charge in [0, 0.05) is 12.5 Å². The van der Waals surface area contributed by atoms with Gasteiger partial charge in [-0.05, 0) is 61.7 Å². The zero-order valence-corrected chi connectivity index (χ0v) is 18.3. The molecule has 0 radical (unpaired) electrons. The fourth-order valence-corrected chi connectivity index (χ4v) is 5.96. The SMILES string of the molecule is COC(=O)C1CCCCC12CCCN(CCC(c1ccccc1)c1ccccc1)C2. The normalized spacial score (nSPS) is 24.8. The van der Waals surface area contributed by atoms with Crippen molar-refractivity contribution in [3.8, 4) is 0 Å². The Morgan fingerprint density at radius 2 is 1.63 bits per heavy atom. The van der Waals surface area contributed by atoms with Gasteiger partial charge in [-0.1, -0.05) is 73.5 Å². The fourth-order valence-electron chi connectivity index (χ4n) is 5.96. The van der Waals surface area contributed by atoms with E-state index in [0.717, 1.165) is 38.9 Å². The van der Waals surface area contributed by atoms with E-state index < -0.39 is 0 Å². The van der Waals surface area contributed by atoms with E-state index >= 15 is 0 Å². The molecule has 160 valence electrons. The Hall–Kier alpha value is -2.13. The average molecular weight is 406 g/mol. The Bertz CT molecular complexity index is 763. The minimum atomic E-state index is 0.0167. The first-order chi connectivity index (χ1) is 14.7. The van der Waals surface area contributed by atoms with E-state index in [0.29, 0.717) is 5.92 Å².